The molecular weight excluding hydrogens is 200 g/mol. The molecule has 2 fully saturated rings. The van der Waals surface area contributed by atoms with E-state index in [-0.39, 0.29) is 11.3 Å². The van der Waals surface area contributed by atoms with Crippen LogP contribution in [0.1, 0.15) is 19.8 Å². The summed E-state index contributed by atoms with van der Waals surface area (Å²) in [7, 11) is 0. The second-order valence-electron chi connectivity index (χ2n) is 4.21. The highest BCUT2D eigenvalue weighted by molar-refractivity contribution is 6.30. The van der Waals surface area contributed by atoms with Crippen LogP contribution in [0.3, 0.4) is 0 Å². The fourth-order valence-corrected chi connectivity index (χ4v) is 2.14. The van der Waals surface area contributed by atoms with E-state index < -0.39 is 0 Å². The van der Waals surface area contributed by atoms with Crippen molar-refractivity contribution in [2.45, 2.75) is 31.2 Å². The highest BCUT2D eigenvalue weighted by Gasteiger charge is 2.32. The average molecular weight is 217 g/mol. The van der Waals surface area contributed by atoms with E-state index in [1.807, 2.05) is 4.90 Å². The molecule has 1 heterocycles. The molecule has 1 saturated carbocycles. The van der Waals surface area contributed by atoms with E-state index in [2.05, 4.69) is 4.90 Å². The first-order chi connectivity index (χ1) is 6.68. The molecule has 1 atom stereocenters. The monoisotopic (exact) mass is 216 g/mol. The van der Waals surface area contributed by atoms with Crippen LogP contribution >= 0.6 is 11.6 Å². The summed E-state index contributed by atoms with van der Waals surface area (Å²) in [6.07, 6.45) is 2.69. The number of piperazine rings is 1. The summed E-state index contributed by atoms with van der Waals surface area (Å²) in [5.74, 6) is 0.0853. The molecule has 4 heteroatoms. The lowest BCUT2D eigenvalue weighted by Gasteiger charge is -2.35. The van der Waals surface area contributed by atoms with E-state index in [0.29, 0.717) is 0 Å². The van der Waals surface area contributed by atoms with Crippen molar-refractivity contribution in [3.63, 3.8) is 0 Å². The third kappa shape index (κ3) is 2.20. The van der Waals surface area contributed by atoms with Crippen molar-refractivity contribution < 1.29 is 4.79 Å². The molecule has 0 spiro atoms. The van der Waals surface area contributed by atoms with Crippen LogP contribution in [-0.2, 0) is 4.79 Å². The highest BCUT2D eigenvalue weighted by Crippen LogP contribution is 2.27. The Kier molecular flexibility index (Phi) is 2.98. The summed E-state index contributed by atoms with van der Waals surface area (Å²) in [6, 6.07) is 0.820. The van der Waals surface area contributed by atoms with Crippen LogP contribution in [0.2, 0.25) is 0 Å². The predicted molar refractivity (Wildman–Crippen MR) is 56.5 cm³/mol. The Hall–Kier alpha value is -0.280. The third-order valence-electron chi connectivity index (χ3n) is 3.03. The first kappa shape index (κ1) is 10.2. The van der Waals surface area contributed by atoms with Gasteiger partial charge in [0.1, 0.15) is 5.38 Å². The molecule has 2 aliphatic rings. The molecule has 1 aliphatic carbocycles. The summed E-state index contributed by atoms with van der Waals surface area (Å²) in [5, 5.41) is -0.373. The van der Waals surface area contributed by atoms with Crippen LogP contribution in [0, 0.1) is 0 Å². The molecule has 0 aromatic carbocycles. The average Bonchev–Trinajstić information content (AvgIpc) is 3.00. The highest BCUT2D eigenvalue weighted by atomic mass is 35.5. The van der Waals surface area contributed by atoms with Crippen molar-refractivity contribution in [1.82, 2.24) is 9.80 Å². The summed E-state index contributed by atoms with van der Waals surface area (Å²) in [4.78, 5) is 15.9. The molecule has 1 aliphatic heterocycles. The number of rotatable bonds is 2. The molecule has 0 aromatic rings. The van der Waals surface area contributed by atoms with Crippen molar-refractivity contribution in [3.05, 3.63) is 0 Å². The van der Waals surface area contributed by atoms with Crippen LogP contribution in [0.25, 0.3) is 0 Å². The van der Waals surface area contributed by atoms with Crippen LogP contribution in [-0.4, -0.2) is 53.3 Å². The summed E-state index contributed by atoms with van der Waals surface area (Å²) < 4.78 is 0. The van der Waals surface area contributed by atoms with Gasteiger partial charge in [0.15, 0.2) is 0 Å². The minimum atomic E-state index is -0.373. The Bertz CT molecular complexity index is 220. The van der Waals surface area contributed by atoms with Gasteiger partial charge in [-0.25, -0.2) is 0 Å². The normalized spacial score (nSPS) is 26.3. The maximum absolute atomic E-state index is 11.6. The van der Waals surface area contributed by atoms with Gasteiger partial charge < -0.3 is 4.90 Å². The molecule has 0 radical (unpaired) electrons. The zero-order chi connectivity index (χ0) is 10.1. The number of alkyl halides is 1. The van der Waals surface area contributed by atoms with Crippen LogP contribution < -0.4 is 0 Å². The Balaban J connectivity index is 1.80. The van der Waals surface area contributed by atoms with E-state index in [1.165, 1.54) is 12.8 Å². The molecule has 3 nitrogen and oxygen atoms in total. The number of carbonyl (C=O) groups excluding carboxylic acids is 1. The van der Waals surface area contributed by atoms with Crippen LogP contribution in [0.4, 0.5) is 0 Å². The van der Waals surface area contributed by atoms with E-state index in [0.717, 1.165) is 32.2 Å². The molecule has 0 unspecified atom stereocenters. The number of carbonyl (C=O) groups is 1. The first-order valence-corrected chi connectivity index (χ1v) is 5.79. The molecule has 0 aromatic heterocycles. The van der Waals surface area contributed by atoms with Gasteiger partial charge in [0.25, 0.3) is 0 Å². The number of amides is 1. The van der Waals surface area contributed by atoms with Crippen LogP contribution in [0.5, 0.6) is 0 Å². The number of nitrogens with zero attached hydrogens (tertiary/aromatic N) is 2. The zero-order valence-corrected chi connectivity index (χ0v) is 9.33. The molecular formula is C10H17ClN2O. The van der Waals surface area contributed by atoms with Crippen molar-refractivity contribution in [2.75, 3.05) is 26.2 Å². The number of hydrogen-bond donors (Lipinski definition) is 0. The van der Waals surface area contributed by atoms with Gasteiger partial charge in [0.05, 0.1) is 0 Å². The first-order valence-electron chi connectivity index (χ1n) is 5.35. The maximum atomic E-state index is 11.6. The van der Waals surface area contributed by atoms with Gasteiger partial charge in [-0.05, 0) is 19.8 Å². The molecule has 0 N–H and O–H groups in total. The second kappa shape index (κ2) is 4.07. The van der Waals surface area contributed by atoms with Gasteiger partial charge in [-0.15, -0.1) is 11.6 Å². The molecule has 1 amide bonds. The Morgan fingerprint density at radius 2 is 1.86 bits per heavy atom. The van der Waals surface area contributed by atoms with Gasteiger partial charge in [-0.3, -0.25) is 9.69 Å². The standard InChI is InChI=1S/C10H17ClN2O/c1-8(11)10(14)13-6-4-12(5-7-13)9-2-3-9/h8-9H,2-7H2,1H3/t8-/m1/s1. The lowest BCUT2D eigenvalue weighted by molar-refractivity contribution is -0.132. The molecule has 80 valence electrons. The number of hydrogen-bond acceptors (Lipinski definition) is 2. The molecule has 14 heavy (non-hydrogen) atoms. The lowest BCUT2D eigenvalue weighted by atomic mass is 10.3. The quantitative estimate of drug-likeness (QED) is 0.641. The van der Waals surface area contributed by atoms with Crippen molar-refractivity contribution in [1.29, 1.82) is 0 Å². The van der Waals surface area contributed by atoms with Crippen molar-refractivity contribution >= 4 is 17.5 Å². The fourth-order valence-electron chi connectivity index (χ4n) is 2.00. The molecule has 1 saturated heterocycles. The Labute approximate surface area is 90.0 Å². The smallest absolute Gasteiger partial charge is 0.240 e. The topological polar surface area (TPSA) is 23.6 Å². The largest absolute Gasteiger partial charge is 0.339 e. The van der Waals surface area contributed by atoms with E-state index >= 15 is 0 Å². The third-order valence-corrected chi connectivity index (χ3v) is 3.22. The Morgan fingerprint density at radius 1 is 1.29 bits per heavy atom. The van der Waals surface area contributed by atoms with E-state index in [9.17, 15) is 4.79 Å². The summed E-state index contributed by atoms with van der Waals surface area (Å²) >= 11 is 5.77. The van der Waals surface area contributed by atoms with Crippen molar-refractivity contribution in [2.24, 2.45) is 0 Å². The van der Waals surface area contributed by atoms with Gasteiger partial charge in [0, 0.05) is 32.2 Å². The van der Waals surface area contributed by atoms with E-state index in [1.54, 1.807) is 6.92 Å². The SMILES string of the molecule is C[C@@H](Cl)C(=O)N1CCN(C2CC2)CC1. The number of halogens is 1. The maximum Gasteiger partial charge on any atom is 0.240 e. The Morgan fingerprint density at radius 3 is 2.29 bits per heavy atom. The fraction of sp³-hybridized carbons (Fsp3) is 0.900. The minimum absolute atomic E-state index is 0.0853. The van der Waals surface area contributed by atoms with Crippen molar-refractivity contribution in [3.8, 4) is 0 Å². The van der Waals surface area contributed by atoms with E-state index in [4.69, 9.17) is 11.6 Å². The zero-order valence-electron chi connectivity index (χ0n) is 8.58. The summed E-state index contributed by atoms with van der Waals surface area (Å²) in [6.45, 7) is 5.51. The second-order valence-corrected chi connectivity index (χ2v) is 4.86. The van der Waals surface area contributed by atoms with Crippen LogP contribution in [0.15, 0.2) is 0 Å². The van der Waals surface area contributed by atoms with Gasteiger partial charge in [0.2, 0.25) is 5.91 Å². The van der Waals surface area contributed by atoms with Gasteiger partial charge in [-0.1, -0.05) is 0 Å². The molecule has 2 rings (SSSR count). The summed E-state index contributed by atoms with van der Waals surface area (Å²) in [5.41, 5.74) is 0. The lowest BCUT2D eigenvalue weighted by Crippen LogP contribution is -2.50. The predicted octanol–water partition coefficient (Wildman–Crippen LogP) is 0.920. The van der Waals surface area contributed by atoms with Gasteiger partial charge in [-0.2, -0.15) is 0 Å². The molecule has 0 bridgehead atoms. The minimum Gasteiger partial charge on any atom is -0.339 e. The van der Waals surface area contributed by atoms with Gasteiger partial charge >= 0.3 is 0 Å².